The molecule has 1 aromatic carbocycles. The first-order chi connectivity index (χ1) is 23.6. The molecule has 0 aliphatic carbocycles. The molecule has 1 fully saturated rings. The Morgan fingerprint density at radius 3 is 2.34 bits per heavy atom. The average Bonchev–Trinajstić information content (AvgIpc) is 3.73. The van der Waals surface area contributed by atoms with E-state index in [1.165, 1.54) is 16.2 Å². The van der Waals surface area contributed by atoms with Crippen LogP contribution in [0, 0.1) is 5.92 Å². The fourth-order valence-electron chi connectivity index (χ4n) is 6.27. The molecule has 50 heavy (non-hydrogen) atoms. The zero-order chi connectivity index (χ0) is 36.6. The van der Waals surface area contributed by atoms with E-state index in [4.69, 9.17) is 0 Å². The van der Waals surface area contributed by atoms with Crippen molar-refractivity contribution in [3.8, 4) is 0 Å². The highest BCUT2D eigenvalue weighted by atomic mass is 32.1. The number of benzene rings is 1. The molecule has 4 rings (SSSR count). The van der Waals surface area contributed by atoms with Crippen molar-refractivity contribution in [1.82, 2.24) is 30.3 Å². The molecule has 3 aromatic rings. The Hall–Kier alpha value is -3.36. The van der Waals surface area contributed by atoms with Crippen molar-refractivity contribution >= 4 is 40.6 Å². The zero-order valence-corrected chi connectivity index (χ0v) is 32.0. The van der Waals surface area contributed by atoms with Gasteiger partial charge in [-0.1, -0.05) is 64.1 Å². The van der Waals surface area contributed by atoms with Crippen LogP contribution < -0.4 is 10.6 Å². The summed E-state index contributed by atoms with van der Waals surface area (Å²) in [5.74, 6) is -0.737. The standard InChI is InChI=1S/C37H54N6O5S2/c1-24(2)32(43(36(47)48)19-27-23-50-35(38-27)25(3)4)34(46)39-29(18-26-12-9-8-10-13-26)31(44)22-42-16-15-41(20-28-14-11-17-49-28)21-30(42)33(45)40-37(5,6)7/h8-14,17,23-25,29-32,44H,15-16,18-22H2,1-7H3,(H,39,46)(H,40,45)(H,47,48)/t29-,30-,31+,32-/m0/s1. The summed E-state index contributed by atoms with van der Waals surface area (Å²) in [4.78, 5) is 51.7. The molecule has 0 spiro atoms. The van der Waals surface area contributed by atoms with E-state index in [0.717, 1.165) is 28.6 Å². The van der Waals surface area contributed by atoms with Gasteiger partial charge < -0.3 is 20.8 Å². The summed E-state index contributed by atoms with van der Waals surface area (Å²) >= 11 is 3.17. The molecule has 1 aliphatic rings. The van der Waals surface area contributed by atoms with Crippen molar-refractivity contribution in [2.24, 2.45) is 5.92 Å². The van der Waals surface area contributed by atoms with Gasteiger partial charge in [-0.3, -0.25) is 24.3 Å². The van der Waals surface area contributed by atoms with Gasteiger partial charge in [-0.05, 0) is 50.1 Å². The molecule has 2 aromatic heterocycles. The summed E-state index contributed by atoms with van der Waals surface area (Å²) < 4.78 is 0. The lowest BCUT2D eigenvalue weighted by atomic mass is 9.97. The van der Waals surface area contributed by atoms with Crippen molar-refractivity contribution in [1.29, 1.82) is 0 Å². The molecule has 1 saturated heterocycles. The highest BCUT2D eigenvalue weighted by Gasteiger charge is 2.38. The Labute approximate surface area is 304 Å². The summed E-state index contributed by atoms with van der Waals surface area (Å²) in [5.41, 5.74) is 1.08. The van der Waals surface area contributed by atoms with Crippen LogP contribution in [-0.2, 0) is 29.1 Å². The second kappa shape index (κ2) is 17.7. The summed E-state index contributed by atoms with van der Waals surface area (Å²) in [6, 6.07) is 11.4. The van der Waals surface area contributed by atoms with Gasteiger partial charge in [-0.25, -0.2) is 9.78 Å². The summed E-state index contributed by atoms with van der Waals surface area (Å²) in [7, 11) is 0. The van der Waals surface area contributed by atoms with Gasteiger partial charge in [0.1, 0.15) is 12.1 Å². The molecule has 3 heterocycles. The highest BCUT2D eigenvalue weighted by Crippen LogP contribution is 2.23. The van der Waals surface area contributed by atoms with Crippen molar-refractivity contribution in [3.05, 3.63) is 74.4 Å². The van der Waals surface area contributed by atoms with Gasteiger partial charge in [0, 0.05) is 54.4 Å². The maximum absolute atomic E-state index is 14.1. The number of hydrogen-bond acceptors (Lipinski definition) is 9. The van der Waals surface area contributed by atoms with E-state index in [1.54, 1.807) is 11.3 Å². The van der Waals surface area contributed by atoms with Crippen LogP contribution in [0.15, 0.2) is 53.2 Å². The minimum absolute atomic E-state index is 0.0267. The normalized spacial score (nSPS) is 17.8. The third-order valence-corrected chi connectivity index (χ3v) is 10.8. The molecule has 274 valence electrons. The number of piperazine rings is 1. The van der Waals surface area contributed by atoms with Crippen molar-refractivity contribution in [2.75, 3.05) is 26.2 Å². The Morgan fingerprint density at radius 2 is 1.76 bits per heavy atom. The monoisotopic (exact) mass is 726 g/mol. The minimum atomic E-state index is -1.22. The Balaban J connectivity index is 1.56. The molecular weight excluding hydrogens is 673 g/mol. The SMILES string of the molecule is CC(C)c1nc(CN(C(=O)O)[C@H](C(=O)N[C@@H](Cc2ccccc2)[C@H](O)CN2CCN(Cc3cccs3)C[C@H]2C(=O)NC(C)(C)C)C(C)C)cs1. The predicted molar refractivity (Wildman–Crippen MR) is 199 cm³/mol. The van der Waals surface area contributed by atoms with Crippen LogP contribution in [-0.4, -0.2) is 104 Å². The lowest BCUT2D eigenvalue weighted by Gasteiger charge is -2.43. The van der Waals surface area contributed by atoms with Crippen molar-refractivity contribution < 1.29 is 24.6 Å². The van der Waals surface area contributed by atoms with E-state index in [-0.39, 0.29) is 30.8 Å². The van der Waals surface area contributed by atoms with Crippen LogP contribution >= 0.6 is 22.7 Å². The van der Waals surface area contributed by atoms with Crippen LogP contribution in [0.1, 0.15) is 75.5 Å². The number of β-amino-alcohol motifs (C(OH)–C–C–N with tert-alkyl or cyclic N) is 1. The first-order valence-electron chi connectivity index (χ1n) is 17.4. The molecule has 1 aliphatic heterocycles. The van der Waals surface area contributed by atoms with Gasteiger partial charge in [-0.2, -0.15) is 0 Å². The number of nitrogens with one attached hydrogen (secondary N) is 2. The number of carbonyl (C=O) groups is 3. The minimum Gasteiger partial charge on any atom is -0.465 e. The number of thiophene rings is 1. The van der Waals surface area contributed by atoms with Crippen molar-refractivity contribution in [3.63, 3.8) is 0 Å². The zero-order valence-electron chi connectivity index (χ0n) is 30.3. The number of aromatic nitrogens is 1. The second-order valence-electron chi connectivity index (χ2n) is 14.9. The molecule has 0 unspecified atom stereocenters. The van der Waals surface area contributed by atoms with E-state index in [1.807, 2.05) is 101 Å². The van der Waals surface area contributed by atoms with Gasteiger partial charge in [0.05, 0.1) is 29.4 Å². The number of carboxylic acid groups (broad SMARTS) is 1. The van der Waals surface area contributed by atoms with E-state index < -0.39 is 41.8 Å². The summed E-state index contributed by atoms with van der Waals surface area (Å²) in [5, 5.41) is 33.2. The smallest absolute Gasteiger partial charge is 0.408 e. The average molecular weight is 727 g/mol. The quantitative estimate of drug-likeness (QED) is 0.171. The van der Waals surface area contributed by atoms with Crippen molar-refractivity contribution in [2.45, 2.75) is 104 Å². The molecule has 0 saturated carbocycles. The fourth-order valence-corrected chi connectivity index (χ4v) is 7.85. The highest BCUT2D eigenvalue weighted by molar-refractivity contribution is 7.10. The van der Waals surface area contributed by atoms with Gasteiger partial charge in [0.25, 0.3) is 0 Å². The first-order valence-corrected chi connectivity index (χ1v) is 19.1. The molecular formula is C37H54N6O5S2. The first kappa shape index (κ1) is 39.4. The number of aliphatic hydroxyl groups excluding tert-OH is 1. The molecule has 4 N–H and O–H groups in total. The van der Waals surface area contributed by atoms with Gasteiger partial charge in [0.15, 0.2) is 0 Å². The van der Waals surface area contributed by atoms with Gasteiger partial charge >= 0.3 is 6.09 Å². The van der Waals surface area contributed by atoms with E-state index >= 15 is 0 Å². The van der Waals surface area contributed by atoms with Crippen LogP contribution in [0.4, 0.5) is 4.79 Å². The third-order valence-electron chi connectivity index (χ3n) is 8.73. The van der Waals surface area contributed by atoms with E-state index in [0.29, 0.717) is 25.2 Å². The number of nitrogens with zero attached hydrogens (tertiary/aromatic N) is 4. The lowest BCUT2D eigenvalue weighted by Crippen LogP contribution is -2.63. The van der Waals surface area contributed by atoms with Crippen LogP contribution in [0.5, 0.6) is 0 Å². The Bertz CT molecular complexity index is 1520. The Morgan fingerprint density at radius 1 is 1.04 bits per heavy atom. The number of hydrogen-bond donors (Lipinski definition) is 4. The van der Waals surface area contributed by atoms with Crippen LogP contribution in [0.2, 0.25) is 0 Å². The van der Waals surface area contributed by atoms with Crippen LogP contribution in [0.3, 0.4) is 0 Å². The second-order valence-corrected chi connectivity index (χ2v) is 16.8. The lowest BCUT2D eigenvalue weighted by molar-refractivity contribution is -0.133. The number of aliphatic hydroxyl groups is 1. The van der Waals surface area contributed by atoms with Crippen LogP contribution in [0.25, 0.3) is 0 Å². The molecule has 0 radical (unpaired) electrons. The topological polar surface area (TPSA) is 138 Å². The predicted octanol–water partition coefficient (Wildman–Crippen LogP) is 5.02. The number of rotatable bonds is 15. The van der Waals surface area contributed by atoms with E-state index in [2.05, 4.69) is 26.6 Å². The molecule has 11 nitrogen and oxygen atoms in total. The molecule has 4 atom stereocenters. The number of carbonyl (C=O) groups excluding carboxylic acids is 2. The molecule has 13 heteroatoms. The molecule has 3 amide bonds. The largest absolute Gasteiger partial charge is 0.465 e. The fraction of sp³-hybridized carbons (Fsp3) is 0.568. The van der Waals surface area contributed by atoms with Gasteiger partial charge in [0.2, 0.25) is 11.8 Å². The van der Waals surface area contributed by atoms with Gasteiger partial charge in [-0.15, -0.1) is 22.7 Å². The summed E-state index contributed by atoms with van der Waals surface area (Å²) in [6.45, 7) is 16.2. The molecule has 0 bridgehead atoms. The Kier molecular flexibility index (Phi) is 14.0. The summed E-state index contributed by atoms with van der Waals surface area (Å²) in [6.07, 6.45) is -1.94. The third kappa shape index (κ3) is 11.3. The number of amides is 3. The number of thiazole rings is 1. The maximum Gasteiger partial charge on any atom is 0.408 e. The van der Waals surface area contributed by atoms with E-state index in [9.17, 15) is 24.6 Å². The maximum atomic E-state index is 14.1.